The van der Waals surface area contributed by atoms with Crippen LogP contribution in [0.25, 0.3) is 5.69 Å². The highest BCUT2D eigenvalue weighted by molar-refractivity contribution is 9.10. The van der Waals surface area contributed by atoms with Gasteiger partial charge in [0.05, 0.1) is 21.9 Å². The van der Waals surface area contributed by atoms with Crippen LogP contribution in [0.15, 0.2) is 35.1 Å². The average molecular weight is 281 g/mol. The van der Waals surface area contributed by atoms with Crippen molar-refractivity contribution in [2.45, 2.75) is 6.92 Å². The Labute approximate surface area is 101 Å². The fourth-order valence-electron chi connectivity index (χ4n) is 1.56. The Morgan fingerprint density at radius 1 is 1.50 bits per heavy atom. The Balaban J connectivity index is 2.67. The highest BCUT2D eigenvalue weighted by atomic mass is 79.9. The molecule has 82 valence electrons. The van der Waals surface area contributed by atoms with Gasteiger partial charge in [-0.1, -0.05) is 12.1 Å². The van der Waals surface area contributed by atoms with E-state index < -0.39 is 5.97 Å². The average Bonchev–Trinajstić information content (AvgIpc) is 2.64. The minimum Gasteiger partial charge on any atom is -0.478 e. The Bertz CT molecular complexity index is 549. The summed E-state index contributed by atoms with van der Waals surface area (Å²) >= 11 is 3.28. The molecule has 0 bridgehead atoms. The molecule has 0 spiro atoms. The first kappa shape index (κ1) is 10.9. The molecule has 1 heterocycles. The van der Waals surface area contributed by atoms with Crippen LogP contribution in [0.5, 0.6) is 0 Å². The normalized spacial score (nSPS) is 10.4. The van der Waals surface area contributed by atoms with Gasteiger partial charge >= 0.3 is 5.97 Å². The summed E-state index contributed by atoms with van der Waals surface area (Å²) in [6.45, 7) is 1.86. The van der Waals surface area contributed by atoms with Crippen molar-refractivity contribution in [3.63, 3.8) is 0 Å². The van der Waals surface area contributed by atoms with Gasteiger partial charge in [0.25, 0.3) is 0 Å². The molecule has 16 heavy (non-hydrogen) atoms. The van der Waals surface area contributed by atoms with Gasteiger partial charge in [0.1, 0.15) is 0 Å². The zero-order valence-electron chi connectivity index (χ0n) is 8.51. The molecule has 0 aliphatic heterocycles. The van der Waals surface area contributed by atoms with E-state index in [1.807, 2.05) is 13.0 Å². The summed E-state index contributed by atoms with van der Waals surface area (Å²) in [5.41, 5.74) is 1.71. The maximum absolute atomic E-state index is 11.1. The number of aromatic carboxylic acids is 1. The summed E-state index contributed by atoms with van der Waals surface area (Å²) in [5.74, 6) is -0.953. The highest BCUT2D eigenvalue weighted by Crippen LogP contribution is 2.20. The summed E-state index contributed by atoms with van der Waals surface area (Å²) < 4.78 is 2.37. The first-order valence-electron chi connectivity index (χ1n) is 4.63. The number of aryl methyl sites for hydroxylation is 1. The van der Waals surface area contributed by atoms with E-state index in [2.05, 4.69) is 21.0 Å². The fourth-order valence-corrected chi connectivity index (χ4v) is 1.84. The maximum Gasteiger partial charge on any atom is 0.337 e. The van der Waals surface area contributed by atoms with Crippen LogP contribution in [0.2, 0.25) is 0 Å². The van der Waals surface area contributed by atoms with E-state index in [1.165, 1.54) is 0 Å². The third-order valence-electron chi connectivity index (χ3n) is 2.25. The fraction of sp³-hybridized carbons (Fsp3) is 0.0909. The van der Waals surface area contributed by atoms with Crippen LogP contribution in [0.4, 0.5) is 0 Å². The molecular formula is C11H9BrN2O2. The van der Waals surface area contributed by atoms with Crippen LogP contribution in [-0.4, -0.2) is 20.9 Å². The molecule has 0 saturated carbocycles. The molecule has 0 aliphatic carbocycles. The molecule has 4 nitrogen and oxygen atoms in total. The minimum absolute atomic E-state index is 0.246. The van der Waals surface area contributed by atoms with Crippen molar-refractivity contribution >= 4 is 21.9 Å². The first-order chi connectivity index (χ1) is 7.59. The van der Waals surface area contributed by atoms with Gasteiger partial charge in [0.15, 0.2) is 0 Å². The molecule has 0 unspecified atom stereocenters. The van der Waals surface area contributed by atoms with Crippen LogP contribution >= 0.6 is 15.9 Å². The molecule has 2 rings (SSSR count). The lowest BCUT2D eigenvalue weighted by atomic mass is 10.1. The summed E-state index contributed by atoms with van der Waals surface area (Å²) in [7, 11) is 0. The third-order valence-corrected chi connectivity index (χ3v) is 2.66. The number of para-hydroxylation sites is 1. The van der Waals surface area contributed by atoms with Crippen LogP contribution in [0, 0.1) is 6.92 Å². The van der Waals surface area contributed by atoms with Crippen LogP contribution in [0.3, 0.4) is 0 Å². The van der Waals surface area contributed by atoms with Crippen molar-refractivity contribution < 1.29 is 9.90 Å². The number of benzene rings is 1. The van der Waals surface area contributed by atoms with Gasteiger partial charge in [-0.05, 0) is 34.5 Å². The Hall–Kier alpha value is -1.62. The predicted molar refractivity (Wildman–Crippen MR) is 63.0 cm³/mol. The Morgan fingerprint density at radius 2 is 2.25 bits per heavy atom. The van der Waals surface area contributed by atoms with E-state index in [-0.39, 0.29) is 5.56 Å². The van der Waals surface area contributed by atoms with Crippen molar-refractivity contribution in [1.29, 1.82) is 0 Å². The molecule has 0 radical (unpaired) electrons. The molecule has 0 saturated heterocycles. The monoisotopic (exact) mass is 280 g/mol. The van der Waals surface area contributed by atoms with E-state index in [0.717, 1.165) is 10.0 Å². The summed E-state index contributed by atoms with van der Waals surface area (Å²) in [5, 5.41) is 13.2. The Morgan fingerprint density at radius 3 is 2.81 bits per heavy atom. The number of carboxylic acids is 1. The van der Waals surface area contributed by atoms with Gasteiger partial charge in [-0.15, -0.1) is 0 Å². The molecule has 1 N–H and O–H groups in total. The molecule has 2 aromatic rings. The second kappa shape index (κ2) is 4.09. The van der Waals surface area contributed by atoms with Crippen molar-refractivity contribution in [2.24, 2.45) is 0 Å². The molecule has 1 aromatic heterocycles. The third kappa shape index (κ3) is 1.86. The second-order valence-corrected chi connectivity index (χ2v) is 4.30. The van der Waals surface area contributed by atoms with E-state index in [9.17, 15) is 4.79 Å². The van der Waals surface area contributed by atoms with E-state index in [4.69, 9.17) is 5.11 Å². The number of rotatable bonds is 2. The molecule has 0 amide bonds. The lowest BCUT2D eigenvalue weighted by Gasteiger charge is -2.09. The van der Waals surface area contributed by atoms with E-state index in [0.29, 0.717) is 5.69 Å². The number of aromatic nitrogens is 2. The zero-order valence-corrected chi connectivity index (χ0v) is 10.1. The molecule has 0 aliphatic rings. The van der Waals surface area contributed by atoms with Crippen molar-refractivity contribution in [1.82, 2.24) is 9.78 Å². The van der Waals surface area contributed by atoms with Gasteiger partial charge in [-0.3, -0.25) is 0 Å². The van der Waals surface area contributed by atoms with Gasteiger partial charge < -0.3 is 5.11 Å². The standard InChI is InChI=1S/C11H9BrN2O2/c1-7-3-2-4-9(11(15)16)10(7)14-6-8(12)5-13-14/h2-6H,1H3,(H,15,16). The SMILES string of the molecule is Cc1cccc(C(=O)O)c1-n1cc(Br)cn1. The minimum atomic E-state index is -0.953. The van der Waals surface area contributed by atoms with Gasteiger partial charge in [-0.25, -0.2) is 9.48 Å². The first-order valence-corrected chi connectivity index (χ1v) is 5.42. The van der Waals surface area contributed by atoms with Gasteiger partial charge in [0, 0.05) is 6.20 Å². The largest absolute Gasteiger partial charge is 0.478 e. The number of nitrogens with zero attached hydrogens (tertiary/aromatic N) is 2. The van der Waals surface area contributed by atoms with E-state index >= 15 is 0 Å². The zero-order chi connectivity index (χ0) is 11.7. The van der Waals surface area contributed by atoms with Crippen LogP contribution in [0.1, 0.15) is 15.9 Å². The van der Waals surface area contributed by atoms with Gasteiger partial charge in [-0.2, -0.15) is 5.10 Å². The lowest BCUT2D eigenvalue weighted by molar-refractivity contribution is 0.0696. The molecular weight excluding hydrogens is 272 g/mol. The quantitative estimate of drug-likeness (QED) is 0.920. The summed E-state index contributed by atoms with van der Waals surface area (Å²) in [6, 6.07) is 5.15. The highest BCUT2D eigenvalue weighted by Gasteiger charge is 2.14. The molecule has 0 fully saturated rings. The number of hydrogen-bond acceptors (Lipinski definition) is 2. The maximum atomic E-state index is 11.1. The van der Waals surface area contributed by atoms with E-state index in [1.54, 1.807) is 29.2 Å². The number of hydrogen-bond donors (Lipinski definition) is 1. The summed E-state index contributed by atoms with van der Waals surface area (Å²) in [6.07, 6.45) is 3.35. The molecule has 0 atom stereocenters. The Kier molecular flexibility index (Phi) is 2.78. The van der Waals surface area contributed by atoms with Crippen molar-refractivity contribution in [2.75, 3.05) is 0 Å². The van der Waals surface area contributed by atoms with Crippen LogP contribution < -0.4 is 0 Å². The topological polar surface area (TPSA) is 55.1 Å². The molecule has 5 heteroatoms. The summed E-state index contributed by atoms with van der Waals surface area (Å²) in [4.78, 5) is 11.1. The second-order valence-electron chi connectivity index (χ2n) is 3.38. The van der Waals surface area contributed by atoms with Crippen molar-refractivity contribution in [3.8, 4) is 5.69 Å². The van der Waals surface area contributed by atoms with Crippen molar-refractivity contribution in [3.05, 3.63) is 46.2 Å². The number of carbonyl (C=O) groups is 1. The van der Waals surface area contributed by atoms with Crippen LogP contribution in [-0.2, 0) is 0 Å². The lowest BCUT2D eigenvalue weighted by Crippen LogP contribution is -2.07. The molecule has 1 aromatic carbocycles. The predicted octanol–water partition coefficient (Wildman–Crippen LogP) is 2.64. The number of carboxylic acid groups (broad SMARTS) is 1. The smallest absolute Gasteiger partial charge is 0.337 e. The number of halogens is 1. The van der Waals surface area contributed by atoms with Gasteiger partial charge in [0.2, 0.25) is 0 Å².